The molecule has 3 aromatic rings. The van der Waals surface area contributed by atoms with Gasteiger partial charge >= 0.3 is 0 Å². The number of pyridine rings is 1. The maximum Gasteiger partial charge on any atom is 0.108 e. The molecule has 19 heavy (non-hydrogen) atoms. The molecule has 2 aromatic heterocycles. The van der Waals surface area contributed by atoms with Crippen molar-refractivity contribution in [3.63, 3.8) is 0 Å². The van der Waals surface area contributed by atoms with Crippen LogP contribution in [0.3, 0.4) is 0 Å². The van der Waals surface area contributed by atoms with E-state index in [0.717, 1.165) is 27.6 Å². The number of aliphatic hydroxyl groups is 1. The van der Waals surface area contributed by atoms with Crippen molar-refractivity contribution in [3.05, 3.63) is 59.7 Å². The normalized spacial score (nSPS) is 12.8. The van der Waals surface area contributed by atoms with Crippen LogP contribution in [-0.4, -0.2) is 19.9 Å². The Morgan fingerprint density at radius 3 is 2.74 bits per heavy atom. The molecule has 0 amide bonds. The summed E-state index contributed by atoms with van der Waals surface area (Å²) in [5.74, 6) is 0. The van der Waals surface area contributed by atoms with E-state index in [0.29, 0.717) is 0 Å². The zero-order valence-corrected chi connectivity index (χ0v) is 10.9. The van der Waals surface area contributed by atoms with Crippen molar-refractivity contribution in [2.45, 2.75) is 13.0 Å². The van der Waals surface area contributed by atoms with Gasteiger partial charge in [0.25, 0.3) is 0 Å². The van der Waals surface area contributed by atoms with Crippen LogP contribution in [0.25, 0.3) is 10.8 Å². The Morgan fingerprint density at radius 2 is 2.00 bits per heavy atom. The molecule has 0 radical (unpaired) electrons. The fraction of sp³-hybridized carbons (Fsp3) is 0.200. The van der Waals surface area contributed by atoms with Gasteiger partial charge < -0.3 is 5.11 Å². The van der Waals surface area contributed by atoms with Crippen LogP contribution in [0.2, 0.25) is 0 Å². The number of fused-ring (bicyclic) bond motifs is 1. The lowest BCUT2D eigenvalue weighted by molar-refractivity contribution is 0.221. The third kappa shape index (κ3) is 1.90. The third-order valence-electron chi connectivity index (χ3n) is 3.58. The first-order valence-electron chi connectivity index (χ1n) is 6.17. The van der Waals surface area contributed by atoms with Gasteiger partial charge in [-0.2, -0.15) is 5.10 Å². The fourth-order valence-corrected chi connectivity index (χ4v) is 2.34. The van der Waals surface area contributed by atoms with E-state index in [2.05, 4.69) is 10.1 Å². The van der Waals surface area contributed by atoms with E-state index in [-0.39, 0.29) is 0 Å². The summed E-state index contributed by atoms with van der Waals surface area (Å²) in [7, 11) is 1.87. The van der Waals surface area contributed by atoms with Crippen LogP contribution in [-0.2, 0) is 7.05 Å². The zero-order valence-electron chi connectivity index (χ0n) is 10.9. The van der Waals surface area contributed by atoms with Gasteiger partial charge in [-0.1, -0.05) is 18.2 Å². The molecule has 0 saturated carbocycles. The number of rotatable bonds is 2. The van der Waals surface area contributed by atoms with Gasteiger partial charge in [0.05, 0.1) is 6.20 Å². The minimum Gasteiger partial charge on any atom is -0.384 e. The van der Waals surface area contributed by atoms with E-state index in [1.54, 1.807) is 17.1 Å². The number of aromatic nitrogens is 3. The molecule has 0 aliphatic carbocycles. The maximum absolute atomic E-state index is 10.6. The van der Waals surface area contributed by atoms with Crippen LogP contribution in [0.5, 0.6) is 0 Å². The number of aliphatic hydroxyl groups excluding tert-OH is 1. The van der Waals surface area contributed by atoms with Gasteiger partial charge in [-0.25, -0.2) is 0 Å². The molecule has 0 bridgehead atoms. The Hall–Kier alpha value is -2.20. The van der Waals surface area contributed by atoms with Crippen molar-refractivity contribution in [1.29, 1.82) is 0 Å². The monoisotopic (exact) mass is 253 g/mol. The summed E-state index contributed by atoms with van der Waals surface area (Å²) in [5, 5.41) is 16.8. The van der Waals surface area contributed by atoms with Crippen LogP contribution < -0.4 is 0 Å². The molecule has 3 rings (SSSR count). The highest BCUT2D eigenvalue weighted by Crippen LogP contribution is 2.29. The first kappa shape index (κ1) is 11.9. The van der Waals surface area contributed by atoms with Gasteiger partial charge in [0.2, 0.25) is 0 Å². The number of benzene rings is 1. The number of hydrogen-bond donors (Lipinski definition) is 1. The molecule has 0 aliphatic rings. The van der Waals surface area contributed by atoms with Gasteiger partial charge in [-0.3, -0.25) is 9.67 Å². The Kier molecular flexibility index (Phi) is 2.80. The van der Waals surface area contributed by atoms with Crippen LogP contribution in [0.15, 0.2) is 42.9 Å². The van der Waals surface area contributed by atoms with Crippen LogP contribution in [0.4, 0.5) is 0 Å². The minimum absolute atomic E-state index is 0.667. The van der Waals surface area contributed by atoms with Gasteiger partial charge in [0.1, 0.15) is 6.10 Å². The van der Waals surface area contributed by atoms with Gasteiger partial charge in [0, 0.05) is 36.1 Å². The van der Waals surface area contributed by atoms with Crippen LogP contribution >= 0.6 is 0 Å². The van der Waals surface area contributed by atoms with Gasteiger partial charge in [0.15, 0.2) is 0 Å². The van der Waals surface area contributed by atoms with Gasteiger partial charge in [-0.15, -0.1) is 0 Å². The van der Waals surface area contributed by atoms with Crippen molar-refractivity contribution < 1.29 is 5.11 Å². The molecule has 0 fully saturated rings. The van der Waals surface area contributed by atoms with Crippen molar-refractivity contribution in [3.8, 4) is 0 Å². The second-order valence-corrected chi connectivity index (χ2v) is 4.66. The first-order valence-corrected chi connectivity index (χ1v) is 6.17. The summed E-state index contributed by atoms with van der Waals surface area (Å²) in [6, 6.07) is 7.81. The van der Waals surface area contributed by atoms with E-state index in [1.807, 2.05) is 44.4 Å². The summed E-state index contributed by atoms with van der Waals surface area (Å²) in [5.41, 5.74) is 2.70. The van der Waals surface area contributed by atoms with E-state index in [9.17, 15) is 5.11 Å². The topological polar surface area (TPSA) is 50.9 Å². The molecule has 1 atom stereocenters. The van der Waals surface area contributed by atoms with Crippen LogP contribution in [0, 0.1) is 6.92 Å². The molecule has 0 saturated heterocycles. The molecule has 1 aromatic carbocycles. The maximum atomic E-state index is 10.6. The molecule has 1 N–H and O–H groups in total. The predicted octanol–water partition coefficient (Wildman–Crippen LogP) is 2.36. The Balaban J connectivity index is 2.17. The molecule has 0 aliphatic heterocycles. The molecule has 1 unspecified atom stereocenters. The Labute approximate surface area is 111 Å². The molecule has 4 nitrogen and oxygen atoms in total. The summed E-state index contributed by atoms with van der Waals surface area (Å²) < 4.78 is 1.77. The molecule has 4 heteroatoms. The second-order valence-electron chi connectivity index (χ2n) is 4.66. The largest absolute Gasteiger partial charge is 0.384 e. The molecule has 0 spiro atoms. The third-order valence-corrected chi connectivity index (χ3v) is 3.58. The van der Waals surface area contributed by atoms with Crippen molar-refractivity contribution in [2.24, 2.45) is 7.05 Å². The van der Waals surface area contributed by atoms with Crippen molar-refractivity contribution in [1.82, 2.24) is 14.8 Å². The van der Waals surface area contributed by atoms with Gasteiger partial charge in [-0.05, 0) is 23.9 Å². The van der Waals surface area contributed by atoms with E-state index < -0.39 is 6.10 Å². The highest BCUT2D eigenvalue weighted by Gasteiger charge is 2.17. The van der Waals surface area contributed by atoms with Crippen LogP contribution in [0.1, 0.15) is 22.9 Å². The van der Waals surface area contributed by atoms with E-state index in [4.69, 9.17) is 0 Å². The summed E-state index contributed by atoms with van der Waals surface area (Å²) in [4.78, 5) is 4.11. The zero-order chi connectivity index (χ0) is 13.4. The number of nitrogens with zero attached hydrogens (tertiary/aromatic N) is 3. The molecular weight excluding hydrogens is 238 g/mol. The van der Waals surface area contributed by atoms with E-state index >= 15 is 0 Å². The molecule has 2 heterocycles. The average Bonchev–Trinajstić information content (AvgIpc) is 2.78. The number of aryl methyl sites for hydroxylation is 1. The Morgan fingerprint density at radius 1 is 1.16 bits per heavy atom. The Bertz CT molecular complexity index is 728. The lowest BCUT2D eigenvalue weighted by Gasteiger charge is -2.13. The predicted molar refractivity (Wildman–Crippen MR) is 73.7 cm³/mol. The van der Waals surface area contributed by atoms with E-state index in [1.165, 1.54) is 0 Å². The molecular formula is C15H15N3O. The lowest BCUT2D eigenvalue weighted by atomic mass is 9.97. The number of hydrogen-bond acceptors (Lipinski definition) is 3. The quantitative estimate of drug-likeness (QED) is 0.762. The SMILES string of the molecule is Cc1c(C(O)c2cccc3cnccc23)cnn1C. The summed E-state index contributed by atoms with van der Waals surface area (Å²) in [6.07, 6.45) is 4.61. The lowest BCUT2D eigenvalue weighted by Crippen LogP contribution is -2.03. The smallest absolute Gasteiger partial charge is 0.108 e. The summed E-state index contributed by atoms with van der Waals surface area (Å²) >= 11 is 0. The second kappa shape index (κ2) is 4.48. The minimum atomic E-state index is -0.667. The molecule has 96 valence electrons. The first-order chi connectivity index (χ1) is 9.18. The highest BCUT2D eigenvalue weighted by atomic mass is 16.3. The summed E-state index contributed by atoms with van der Waals surface area (Å²) in [6.45, 7) is 1.96. The highest BCUT2D eigenvalue weighted by molar-refractivity contribution is 5.85. The average molecular weight is 253 g/mol. The fourth-order valence-electron chi connectivity index (χ4n) is 2.34. The van der Waals surface area contributed by atoms with Crippen molar-refractivity contribution in [2.75, 3.05) is 0 Å². The van der Waals surface area contributed by atoms with Crippen molar-refractivity contribution >= 4 is 10.8 Å². The standard InChI is InChI=1S/C15H15N3O/c1-10-14(9-17-18(10)2)15(19)13-5-3-4-11-8-16-7-6-12(11)13/h3-9,15,19H,1-2H3.